The van der Waals surface area contributed by atoms with E-state index in [0.29, 0.717) is 11.7 Å². The Hall–Kier alpha value is -1.15. The molecule has 1 rings (SSSR count). The van der Waals surface area contributed by atoms with Crippen LogP contribution < -0.4 is 10.6 Å². The van der Waals surface area contributed by atoms with Gasteiger partial charge in [-0.1, -0.05) is 31.5 Å². The average Bonchev–Trinajstić information content (AvgIpc) is 2.88. The zero-order valence-corrected chi connectivity index (χ0v) is 13.2. The standard InChI is InChI=1S/C12H24N6OS/c1-4-5-6-7-14-11(19)10(2)20-12-15-16-17-18(12)9-8-13-3/h10,13H,4-9H2,1-3H3,(H,14,19). The van der Waals surface area contributed by atoms with Gasteiger partial charge in [0.05, 0.1) is 11.8 Å². The Kier molecular flexibility index (Phi) is 8.20. The molecule has 0 aliphatic rings. The average molecular weight is 300 g/mol. The van der Waals surface area contributed by atoms with Crippen molar-refractivity contribution in [1.82, 2.24) is 30.8 Å². The van der Waals surface area contributed by atoms with Crippen molar-refractivity contribution in [3.63, 3.8) is 0 Å². The summed E-state index contributed by atoms with van der Waals surface area (Å²) in [6.07, 6.45) is 3.32. The van der Waals surface area contributed by atoms with Gasteiger partial charge in [0, 0.05) is 13.1 Å². The minimum absolute atomic E-state index is 0.0364. The first-order valence-electron chi connectivity index (χ1n) is 7.04. The molecule has 1 unspecified atom stereocenters. The van der Waals surface area contributed by atoms with Crippen LogP contribution in [0.4, 0.5) is 0 Å². The van der Waals surface area contributed by atoms with Gasteiger partial charge in [-0.05, 0) is 30.8 Å². The van der Waals surface area contributed by atoms with Crippen molar-refractivity contribution >= 4 is 17.7 Å². The van der Waals surface area contributed by atoms with Gasteiger partial charge in [-0.25, -0.2) is 4.68 Å². The molecule has 0 aromatic carbocycles. The Bertz CT molecular complexity index is 397. The van der Waals surface area contributed by atoms with E-state index < -0.39 is 0 Å². The summed E-state index contributed by atoms with van der Waals surface area (Å²) in [6.45, 7) is 6.23. The van der Waals surface area contributed by atoms with Crippen LogP contribution in [0.1, 0.15) is 33.1 Å². The number of amides is 1. The van der Waals surface area contributed by atoms with Crippen molar-refractivity contribution in [3.8, 4) is 0 Å². The molecule has 0 bridgehead atoms. The van der Waals surface area contributed by atoms with Crippen molar-refractivity contribution in [2.75, 3.05) is 20.1 Å². The summed E-state index contributed by atoms with van der Waals surface area (Å²) in [5, 5.41) is 18.0. The normalized spacial score (nSPS) is 12.3. The van der Waals surface area contributed by atoms with Gasteiger partial charge < -0.3 is 10.6 Å². The molecule has 7 nitrogen and oxygen atoms in total. The third-order valence-electron chi connectivity index (χ3n) is 2.80. The van der Waals surface area contributed by atoms with Gasteiger partial charge in [0.25, 0.3) is 0 Å². The van der Waals surface area contributed by atoms with Crippen molar-refractivity contribution < 1.29 is 4.79 Å². The SMILES string of the molecule is CCCCCNC(=O)C(C)Sc1nnnn1CCNC. The van der Waals surface area contributed by atoms with Gasteiger partial charge in [0.1, 0.15) is 0 Å². The van der Waals surface area contributed by atoms with Crippen LogP contribution in [0.3, 0.4) is 0 Å². The quantitative estimate of drug-likeness (QED) is 0.488. The first-order chi connectivity index (χ1) is 9.69. The summed E-state index contributed by atoms with van der Waals surface area (Å²) in [5.74, 6) is 0.0364. The highest BCUT2D eigenvalue weighted by Crippen LogP contribution is 2.19. The fourth-order valence-electron chi connectivity index (χ4n) is 1.58. The molecule has 0 saturated heterocycles. The Morgan fingerprint density at radius 1 is 1.40 bits per heavy atom. The van der Waals surface area contributed by atoms with Crippen molar-refractivity contribution in [2.45, 2.75) is 50.1 Å². The van der Waals surface area contributed by atoms with Crippen LogP contribution in [0, 0.1) is 0 Å². The van der Waals surface area contributed by atoms with Gasteiger partial charge in [-0.15, -0.1) is 5.10 Å². The third-order valence-corrected chi connectivity index (χ3v) is 3.87. The number of nitrogens with one attached hydrogen (secondary N) is 2. The lowest BCUT2D eigenvalue weighted by molar-refractivity contribution is -0.120. The van der Waals surface area contributed by atoms with Crippen molar-refractivity contribution in [3.05, 3.63) is 0 Å². The highest BCUT2D eigenvalue weighted by atomic mass is 32.2. The molecule has 0 fully saturated rings. The second kappa shape index (κ2) is 9.71. The van der Waals surface area contributed by atoms with E-state index in [2.05, 4.69) is 33.1 Å². The Morgan fingerprint density at radius 3 is 2.90 bits per heavy atom. The summed E-state index contributed by atoms with van der Waals surface area (Å²) < 4.78 is 1.71. The topological polar surface area (TPSA) is 84.7 Å². The number of tetrazole rings is 1. The zero-order chi connectivity index (χ0) is 14.8. The molecule has 1 aromatic rings. The zero-order valence-electron chi connectivity index (χ0n) is 12.4. The van der Waals surface area contributed by atoms with Crippen LogP contribution in [-0.4, -0.2) is 51.5 Å². The van der Waals surface area contributed by atoms with Gasteiger partial charge >= 0.3 is 0 Å². The summed E-state index contributed by atoms with van der Waals surface area (Å²) >= 11 is 1.39. The molecule has 0 aliphatic heterocycles. The molecule has 0 radical (unpaired) electrons. The summed E-state index contributed by atoms with van der Waals surface area (Å²) in [4.78, 5) is 11.9. The van der Waals surface area contributed by atoms with Crippen LogP contribution in [0.25, 0.3) is 0 Å². The Morgan fingerprint density at radius 2 is 2.20 bits per heavy atom. The molecular formula is C12H24N6OS. The number of aromatic nitrogens is 4. The van der Waals surface area contributed by atoms with Crippen molar-refractivity contribution in [2.24, 2.45) is 0 Å². The van der Waals surface area contributed by atoms with E-state index in [9.17, 15) is 4.79 Å². The maximum Gasteiger partial charge on any atom is 0.233 e. The number of unbranched alkanes of at least 4 members (excludes halogenated alkanes) is 2. The highest BCUT2D eigenvalue weighted by molar-refractivity contribution is 8.00. The van der Waals surface area contributed by atoms with Crippen LogP contribution in [-0.2, 0) is 11.3 Å². The van der Waals surface area contributed by atoms with E-state index in [1.807, 2.05) is 14.0 Å². The first-order valence-corrected chi connectivity index (χ1v) is 7.92. The predicted octanol–water partition coefficient (Wildman–Crippen LogP) is 0.680. The molecule has 0 saturated carbocycles. The molecule has 0 aliphatic carbocycles. The van der Waals surface area contributed by atoms with E-state index >= 15 is 0 Å². The van der Waals surface area contributed by atoms with Gasteiger partial charge in [0.15, 0.2) is 0 Å². The number of carbonyl (C=O) groups excluding carboxylic acids is 1. The summed E-state index contributed by atoms with van der Waals surface area (Å²) in [6, 6.07) is 0. The van der Waals surface area contributed by atoms with E-state index in [1.165, 1.54) is 11.8 Å². The Balaban J connectivity index is 2.38. The lowest BCUT2D eigenvalue weighted by Gasteiger charge is -2.11. The number of rotatable bonds is 10. The number of hydrogen-bond acceptors (Lipinski definition) is 6. The number of hydrogen-bond donors (Lipinski definition) is 2. The molecule has 1 aromatic heterocycles. The van der Waals surface area contributed by atoms with E-state index in [1.54, 1.807) is 4.68 Å². The molecule has 0 spiro atoms. The van der Waals surface area contributed by atoms with Gasteiger partial charge in [-0.3, -0.25) is 4.79 Å². The van der Waals surface area contributed by atoms with Crippen molar-refractivity contribution in [1.29, 1.82) is 0 Å². The number of carbonyl (C=O) groups is 1. The fraction of sp³-hybridized carbons (Fsp3) is 0.833. The minimum atomic E-state index is -0.198. The lowest BCUT2D eigenvalue weighted by atomic mass is 10.2. The molecule has 1 heterocycles. The molecule has 1 amide bonds. The van der Waals surface area contributed by atoms with E-state index in [4.69, 9.17) is 0 Å². The monoisotopic (exact) mass is 300 g/mol. The largest absolute Gasteiger partial charge is 0.355 e. The summed E-state index contributed by atoms with van der Waals surface area (Å²) in [5.41, 5.74) is 0. The smallest absolute Gasteiger partial charge is 0.233 e. The van der Waals surface area contributed by atoms with Crippen LogP contribution in [0.5, 0.6) is 0 Å². The van der Waals surface area contributed by atoms with E-state index in [0.717, 1.165) is 32.4 Å². The van der Waals surface area contributed by atoms with Crippen LogP contribution in [0.15, 0.2) is 5.16 Å². The number of thioether (sulfide) groups is 1. The van der Waals surface area contributed by atoms with E-state index in [-0.39, 0.29) is 11.2 Å². The molecular weight excluding hydrogens is 276 g/mol. The first kappa shape index (κ1) is 16.9. The van der Waals surface area contributed by atoms with Crippen LogP contribution >= 0.6 is 11.8 Å². The molecule has 20 heavy (non-hydrogen) atoms. The maximum absolute atomic E-state index is 11.9. The fourth-order valence-corrected chi connectivity index (χ4v) is 2.42. The number of likely N-dealkylation sites (N-methyl/N-ethyl adjacent to an activating group) is 1. The summed E-state index contributed by atoms with van der Waals surface area (Å²) in [7, 11) is 1.88. The molecule has 2 N–H and O–H groups in total. The van der Waals surface area contributed by atoms with Gasteiger partial charge in [0.2, 0.25) is 11.1 Å². The lowest BCUT2D eigenvalue weighted by Crippen LogP contribution is -2.32. The third kappa shape index (κ3) is 5.87. The highest BCUT2D eigenvalue weighted by Gasteiger charge is 2.17. The second-order valence-corrected chi connectivity index (χ2v) is 5.85. The second-order valence-electron chi connectivity index (χ2n) is 4.55. The Labute approximate surface area is 124 Å². The predicted molar refractivity (Wildman–Crippen MR) is 79.6 cm³/mol. The van der Waals surface area contributed by atoms with Gasteiger partial charge in [-0.2, -0.15) is 0 Å². The minimum Gasteiger partial charge on any atom is -0.355 e. The number of nitrogens with zero attached hydrogens (tertiary/aromatic N) is 4. The molecule has 8 heteroatoms. The molecule has 1 atom stereocenters. The molecule has 114 valence electrons. The maximum atomic E-state index is 11.9. The van der Waals surface area contributed by atoms with Crippen LogP contribution in [0.2, 0.25) is 0 Å².